The van der Waals surface area contributed by atoms with Crippen LogP contribution in [0.5, 0.6) is 0 Å². The van der Waals surface area contributed by atoms with E-state index in [1.54, 1.807) is 0 Å². The van der Waals surface area contributed by atoms with Gasteiger partial charge in [0.15, 0.2) is 0 Å². The van der Waals surface area contributed by atoms with E-state index in [1.165, 1.54) is 37.5 Å². The normalized spacial score (nSPS) is 24.2. The largest absolute Gasteiger partial charge is 0.309 e. The molecular weight excluding hydrogens is 232 g/mol. The number of hydrogen-bond donors (Lipinski definition) is 1. The van der Waals surface area contributed by atoms with Crippen molar-refractivity contribution < 1.29 is 8.78 Å². The van der Waals surface area contributed by atoms with Gasteiger partial charge in [0.2, 0.25) is 0 Å². The molecule has 0 spiro atoms. The van der Waals surface area contributed by atoms with Gasteiger partial charge in [0.05, 0.1) is 0 Å². The summed E-state index contributed by atoms with van der Waals surface area (Å²) in [7, 11) is 0. The van der Waals surface area contributed by atoms with Crippen molar-refractivity contribution in [2.24, 2.45) is 5.92 Å². The number of rotatable bonds is 4. The van der Waals surface area contributed by atoms with E-state index in [0.29, 0.717) is 18.5 Å². The number of halogens is 2. The summed E-state index contributed by atoms with van der Waals surface area (Å²) >= 11 is 0. The molecule has 1 aliphatic rings. The molecule has 0 aliphatic heterocycles. The van der Waals surface area contributed by atoms with E-state index < -0.39 is 11.6 Å². The molecule has 2 atom stereocenters. The molecule has 1 saturated carbocycles. The summed E-state index contributed by atoms with van der Waals surface area (Å²) in [4.78, 5) is 0. The van der Waals surface area contributed by atoms with Crippen LogP contribution in [0.3, 0.4) is 0 Å². The van der Waals surface area contributed by atoms with Crippen LogP contribution in [0, 0.1) is 17.6 Å². The fraction of sp³-hybridized carbons (Fsp3) is 0.600. The van der Waals surface area contributed by atoms with Gasteiger partial charge in [-0.2, -0.15) is 0 Å². The number of hydrogen-bond acceptors (Lipinski definition) is 1. The Morgan fingerprint density at radius 2 is 1.83 bits per heavy atom. The fourth-order valence-corrected chi connectivity index (χ4v) is 2.90. The van der Waals surface area contributed by atoms with Gasteiger partial charge in [0.25, 0.3) is 0 Å². The number of benzene rings is 1. The van der Waals surface area contributed by atoms with Gasteiger partial charge in [-0.25, -0.2) is 8.78 Å². The molecule has 0 heterocycles. The lowest BCUT2D eigenvalue weighted by molar-refractivity contribution is 0.253. The molecular formula is C15H21F2N. The van der Waals surface area contributed by atoms with E-state index in [-0.39, 0.29) is 5.56 Å². The molecule has 0 bridgehead atoms. The first-order valence-corrected chi connectivity index (χ1v) is 6.88. The highest BCUT2D eigenvalue weighted by molar-refractivity contribution is 5.19. The molecule has 1 nitrogen and oxygen atoms in total. The van der Waals surface area contributed by atoms with Crippen LogP contribution in [-0.4, -0.2) is 6.04 Å². The van der Waals surface area contributed by atoms with Crippen LogP contribution in [0.25, 0.3) is 0 Å². The molecule has 0 amide bonds. The van der Waals surface area contributed by atoms with Gasteiger partial charge in [-0.1, -0.05) is 32.3 Å². The van der Waals surface area contributed by atoms with Crippen LogP contribution < -0.4 is 5.32 Å². The summed E-state index contributed by atoms with van der Waals surface area (Å²) < 4.78 is 27.0. The SMILES string of the molecule is CCC1CCCCC1NCc1c(F)cccc1F. The Morgan fingerprint density at radius 1 is 1.17 bits per heavy atom. The lowest BCUT2D eigenvalue weighted by Crippen LogP contribution is -2.38. The second kappa shape index (κ2) is 6.28. The minimum atomic E-state index is -0.452. The zero-order valence-electron chi connectivity index (χ0n) is 10.9. The summed E-state index contributed by atoms with van der Waals surface area (Å²) in [6.07, 6.45) is 5.98. The van der Waals surface area contributed by atoms with Crippen LogP contribution in [-0.2, 0) is 6.54 Å². The molecule has 0 radical (unpaired) electrons. The predicted molar refractivity (Wildman–Crippen MR) is 69.2 cm³/mol. The third-order valence-electron chi connectivity index (χ3n) is 4.04. The summed E-state index contributed by atoms with van der Waals surface area (Å²) in [5.41, 5.74) is 0.165. The van der Waals surface area contributed by atoms with Crippen molar-refractivity contribution in [2.45, 2.75) is 51.6 Å². The highest BCUT2D eigenvalue weighted by atomic mass is 19.1. The quantitative estimate of drug-likeness (QED) is 0.854. The molecule has 3 heteroatoms. The Kier molecular flexibility index (Phi) is 4.70. The van der Waals surface area contributed by atoms with E-state index in [4.69, 9.17) is 0 Å². The maximum Gasteiger partial charge on any atom is 0.130 e. The molecule has 1 aromatic rings. The predicted octanol–water partition coefficient (Wildman–Crippen LogP) is 4.02. The van der Waals surface area contributed by atoms with E-state index in [2.05, 4.69) is 12.2 Å². The Balaban J connectivity index is 1.98. The lowest BCUT2D eigenvalue weighted by Gasteiger charge is -2.31. The molecule has 2 unspecified atom stereocenters. The Hall–Kier alpha value is -0.960. The topological polar surface area (TPSA) is 12.0 Å². The van der Waals surface area contributed by atoms with Crippen LogP contribution in [0.2, 0.25) is 0 Å². The number of nitrogens with one attached hydrogen (secondary N) is 1. The van der Waals surface area contributed by atoms with Gasteiger partial charge in [-0.05, 0) is 30.9 Å². The summed E-state index contributed by atoms with van der Waals surface area (Å²) in [5, 5.41) is 3.34. The van der Waals surface area contributed by atoms with Gasteiger partial charge < -0.3 is 5.32 Å². The van der Waals surface area contributed by atoms with E-state index in [9.17, 15) is 8.78 Å². The fourth-order valence-electron chi connectivity index (χ4n) is 2.90. The van der Waals surface area contributed by atoms with Crippen LogP contribution in [0.1, 0.15) is 44.6 Å². The monoisotopic (exact) mass is 253 g/mol. The third kappa shape index (κ3) is 3.08. The average Bonchev–Trinajstić information content (AvgIpc) is 2.38. The molecule has 0 aromatic heterocycles. The summed E-state index contributed by atoms with van der Waals surface area (Å²) in [5.74, 6) is -0.258. The van der Waals surface area contributed by atoms with Crippen LogP contribution >= 0.6 is 0 Å². The molecule has 1 aliphatic carbocycles. The zero-order valence-corrected chi connectivity index (χ0v) is 10.9. The standard InChI is InChI=1S/C15H21F2N/c1-2-11-6-3-4-9-15(11)18-10-12-13(16)7-5-8-14(12)17/h5,7-8,11,15,18H,2-4,6,9-10H2,1H3. The maximum atomic E-state index is 13.5. The first-order valence-electron chi connectivity index (χ1n) is 6.88. The van der Waals surface area contributed by atoms with Crippen LogP contribution in [0.15, 0.2) is 18.2 Å². The highest BCUT2D eigenvalue weighted by Crippen LogP contribution is 2.27. The molecule has 2 rings (SSSR count). The van der Waals surface area contributed by atoms with Gasteiger partial charge in [-0.15, -0.1) is 0 Å². The minimum absolute atomic E-state index is 0.165. The molecule has 18 heavy (non-hydrogen) atoms. The van der Waals surface area contributed by atoms with Crippen molar-refractivity contribution >= 4 is 0 Å². The summed E-state index contributed by atoms with van der Waals surface area (Å²) in [6.45, 7) is 2.48. The van der Waals surface area contributed by atoms with Gasteiger partial charge in [0.1, 0.15) is 11.6 Å². The van der Waals surface area contributed by atoms with Crippen molar-refractivity contribution in [3.05, 3.63) is 35.4 Å². The third-order valence-corrected chi connectivity index (χ3v) is 4.04. The molecule has 1 N–H and O–H groups in total. The van der Waals surface area contributed by atoms with E-state index in [0.717, 1.165) is 12.8 Å². The van der Waals surface area contributed by atoms with Crippen molar-refractivity contribution in [1.29, 1.82) is 0 Å². The van der Waals surface area contributed by atoms with E-state index in [1.807, 2.05) is 0 Å². The minimum Gasteiger partial charge on any atom is -0.309 e. The van der Waals surface area contributed by atoms with E-state index >= 15 is 0 Å². The highest BCUT2D eigenvalue weighted by Gasteiger charge is 2.23. The Morgan fingerprint density at radius 3 is 2.50 bits per heavy atom. The lowest BCUT2D eigenvalue weighted by atomic mass is 9.83. The second-order valence-electron chi connectivity index (χ2n) is 5.14. The maximum absolute atomic E-state index is 13.5. The zero-order chi connectivity index (χ0) is 13.0. The second-order valence-corrected chi connectivity index (χ2v) is 5.14. The first kappa shape index (κ1) is 13.5. The van der Waals surface area contributed by atoms with Crippen molar-refractivity contribution in [3.63, 3.8) is 0 Å². The smallest absolute Gasteiger partial charge is 0.130 e. The molecule has 100 valence electrons. The van der Waals surface area contributed by atoms with Gasteiger partial charge >= 0.3 is 0 Å². The van der Waals surface area contributed by atoms with Crippen molar-refractivity contribution in [2.75, 3.05) is 0 Å². The van der Waals surface area contributed by atoms with Crippen molar-refractivity contribution in [1.82, 2.24) is 5.32 Å². The van der Waals surface area contributed by atoms with Crippen LogP contribution in [0.4, 0.5) is 8.78 Å². The molecule has 1 fully saturated rings. The van der Waals surface area contributed by atoms with Crippen molar-refractivity contribution in [3.8, 4) is 0 Å². The van der Waals surface area contributed by atoms with Gasteiger partial charge in [-0.3, -0.25) is 0 Å². The first-order chi connectivity index (χ1) is 8.72. The molecule has 0 saturated heterocycles. The molecule has 1 aromatic carbocycles. The Bertz CT molecular complexity index is 372. The van der Waals surface area contributed by atoms with Gasteiger partial charge in [0, 0.05) is 18.2 Å². The Labute approximate surface area is 108 Å². The summed E-state index contributed by atoms with van der Waals surface area (Å²) in [6, 6.07) is 4.45. The average molecular weight is 253 g/mol.